The number of hydrogen-bond donors (Lipinski definition) is 1. The second kappa shape index (κ2) is 9.87. The minimum Gasteiger partial charge on any atom is -0.483 e. The molecule has 0 aliphatic heterocycles. The molecule has 0 aromatic heterocycles. The molecule has 1 N–H and O–H groups in total. The molecule has 148 valence electrons. The van der Waals surface area contributed by atoms with E-state index in [4.69, 9.17) is 4.74 Å². The fraction of sp³-hybridized carbons (Fsp3) is 0.190. The molecule has 1 amide bonds. The lowest BCUT2D eigenvalue weighted by Gasteiger charge is -2.19. The van der Waals surface area contributed by atoms with E-state index in [2.05, 4.69) is 18.5 Å². The Labute approximate surface area is 166 Å². The largest absolute Gasteiger partial charge is 0.483 e. The zero-order chi connectivity index (χ0) is 20.6. The van der Waals surface area contributed by atoms with Gasteiger partial charge in [-0.3, -0.25) is 4.79 Å². The molecular weight excluding hydrogens is 376 g/mol. The number of benzene rings is 2. The van der Waals surface area contributed by atoms with Crippen LogP contribution in [0.1, 0.15) is 5.56 Å². The summed E-state index contributed by atoms with van der Waals surface area (Å²) in [5.74, 6) is 0.308. The summed E-state index contributed by atoms with van der Waals surface area (Å²) in [6.07, 6.45) is 3.04. The fourth-order valence-electron chi connectivity index (χ4n) is 2.48. The molecule has 28 heavy (non-hydrogen) atoms. The Balaban J connectivity index is 2.01. The van der Waals surface area contributed by atoms with Crippen LogP contribution < -0.4 is 10.1 Å². The molecule has 2 rings (SSSR count). The lowest BCUT2D eigenvalue weighted by molar-refractivity contribution is -0.118. The molecule has 0 atom stereocenters. The van der Waals surface area contributed by atoms with Crippen molar-refractivity contribution < 1.29 is 17.9 Å². The highest BCUT2D eigenvalue weighted by Gasteiger charge is 2.22. The van der Waals surface area contributed by atoms with Crippen molar-refractivity contribution >= 4 is 21.6 Å². The van der Waals surface area contributed by atoms with Gasteiger partial charge in [0.15, 0.2) is 6.61 Å². The zero-order valence-electron chi connectivity index (χ0n) is 15.8. The van der Waals surface area contributed by atoms with Gasteiger partial charge in [0, 0.05) is 18.8 Å². The Hall–Kier alpha value is -2.90. The molecule has 0 spiro atoms. The van der Waals surface area contributed by atoms with Gasteiger partial charge in [-0.1, -0.05) is 30.4 Å². The van der Waals surface area contributed by atoms with E-state index in [0.717, 1.165) is 5.56 Å². The Morgan fingerprint density at radius 3 is 2.25 bits per heavy atom. The van der Waals surface area contributed by atoms with E-state index in [1.54, 1.807) is 18.2 Å². The maximum Gasteiger partial charge on any atom is 0.262 e. The van der Waals surface area contributed by atoms with E-state index in [1.807, 2.05) is 25.1 Å². The molecule has 6 nitrogen and oxygen atoms in total. The maximum absolute atomic E-state index is 12.7. The van der Waals surface area contributed by atoms with Crippen molar-refractivity contribution in [1.29, 1.82) is 0 Å². The molecule has 0 aliphatic rings. The molecule has 0 saturated heterocycles. The first-order chi connectivity index (χ1) is 13.4. The highest BCUT2D eigenvalue weighted by atomic mass is 32.2. The predicted molar refractivity (Wildman–Crippen MR) is 111 cm³/mol. The number of carbonyl (C=O) groups is 1. The van der Waals surface area contributed by atoms with Gasteiger partial charge in [0.1, 0.15) is 5.75 Å². The summed E-state index contributed by atoms with van der Waals surface area (Å²) in [5.41, 5.74) is 1.42. The van der Waals surface area contributed by atoms with Crippen molar-refractivity contribution in [2.24, 2.45) is 0 Å². The van der Waals surface area contributed by atoms with Gasteiger partial charge < -0.3 is 10.1 Å². The van der Waals surface area contributed by atoms with Gasteiger partial charge in [0.05, 0.1) is 4.90 Å². The van der Waals surface area contributed by atoms with Gasteiger partial charge >= 0.3 is 0 Å². The third kappa shape index (κ3) is 5.55. The number of sulfonamides is 1. The quantitative estimate of drug-likeness (QED) is 0.621. The number of ether oxygens (including phenoxy) is 1. The monoisotopic (exact) mass is 400 g/mol. The second-order valence-electron chi connectivity index (χ2n) is 6.03. The standard InChI is InChI=1S/C21H24N2O4S/c1-4-14-23(15-5-2)28(25,26)19-12-10-18(11-13-19)22-21(24)16-27-20-9-7-6-8-17(20)3/h4-13H,1-2,14-16H2,3H3,(H,22,24). The van der Waals surface area contributed by atoms with Crippen LogP contribution in [0.3, 0.4) is 0 Å². The SMILES string of the molecule is C=CCN(CC=C)S(=O)(=O)c1ccc(NC(=O)COc2ccccc2C)cc1. The van der Waals surface area contributed by atoms with Crippen molar-refractivity contribution in [2.75, 3.05) is 25.0 Å². The summed E-state index contributed by atoms with van der Waals surface area (Å²) in [5, 5.41) is 2.69. The first-order valence-electron chi connectivity index (χ1n) is 8.68. The van der Waals surface area contributed by atoms with Crippen molar-refractivity contribution in [2.45, 2.75) is 11.8 Å². The number of nitrogens with zero attached hydrogens (tertiary/aromatic N) is 1. The van der Waals surface area contributed by atoms with Crippen LogP contribution in [-0.4, -0.2) is 38.3 Å². The highest BCUT2D eigenvalue weighted by Crippen LogP contribution is 2.19. The number of amides is 1. The second-order valence-corrected chi connectivity index (χ2v) is 7.96. The van der Waals surface area contributed by atoms with Crippen molar-refractivity contribution in [3.63, 3.8) is 0 Å². The fourth-order valence-corrected chi connectivity index (χ4v) is 3.86. The summed E-state index contributed by atoms with van der Waals surface area (Å²) >= 11 is 0. The Kier molecular flexibility index (Phi) is 7.54. The van der Waals surface area contributed by atoms with Gasteiger partial charge in [0.25, 0.3) is 5.91 Å². The number of rotatable bonds is 10. The van der Waals surface area contributed by atoms with Gasteiger partial charge in [0.2, 0.25) is 10.0 Å². The first-order valence-corrected chi connectivity index (χ1v) is 10.1. The maximum atomic E-state index is 12.7. The molecular formula is C21H24N2O4S. The van der Waals surface area contributed by atoms with Gasteiger partial charge in [-0.05, 0) is 42.8 Å². The molecule has 0 heterocycles. The molecule has 2 aromatic carbocycles. The van der Waals surface area contributed by atoms with Crippen LogP contribution in [-0.2, 0) is 14.8 Å². The average molecular weight is 401 g/mol. The topological polar surface area (TPSA) is 75.7 Å². The molecule has 0 fully saturated rings. The minimum absolute atomic E-state index is 0.130. The van der Waals surface area contributed by atoms with Gasteiger partial charge in [-0.2, -0.15) is 4.31 Å². The third-order valence-corrected chi connectivity index (χ3v) is 5.74. The molecule has 2 aromatic rings. The molecule has 7 heteroatoms. The molecule has 0 radical (unpaired) electrons. The van der Waals surface area contributed by atoms with E-state index in [9.17, 15) is 13.2 Å². The van der Waals surface area contributed by atoms with Crippen LogP contribution in [0, 0.1) is 6.92 Å². The van der Waals surface area contributed by atoms with E-state index >= 15 is 0 Å². The number of carbonyl (C=O) groups excluding carboxylic acids is 1. The molecule has 0 unspecified atom stereocenters. The van der Waals surface area contributed by atoms with Crippen molar-refractivity contribution in [3.8, 4) is 5.75 Å². The number of aryl methyl sites for hydroxylation is 1. The molecule has 0 saturated carbocycles. The Bertz CT molecular complexity index is 927. The smallest absolute Gasteiger partial charge is 0.262 e. The minimum atomic E-state index is -3.67. The van der Waals surface area contributed by atoms with E-state index in [0.29, 0.717) is 11.4 Å². The van der Waals surface area contributed by atoms with Gasteiger partial charge in [-0.25, -0.2) is 8.42 Å². The van der Waals surface area contributed by atoms with Crippen LogP contribution in [0.25, 0.3) is 0 Å². The van der Waals surface area contributed by atoms with Crippen LogP contribution in [0.15, 0.2) is 78.7 Å². The summed E-state index contributed by atoms with van der Waals surface area (Å²) < 4.78 is 32.1. The Morgan fingerprint density at radius 2 is 1.68 bits per heavy atom. The summed E-state index contributed by atoms with van der Waals surface area (Å²) in [6, 6.07) is 13.4. The zero-order valence-corrected chi connectivity index (χ0v) is 16.6. The van der Waals surface area contributed by atoms with Crippen LogP contribution in [0.2, 0.25) is 0 Å². The van der Waals surface area contributed by atoms with Crippen LogP contribution in [0.5, 0.6) is 5.75 Å². The van der Waals surface area contributed by atoms with Gasteiger partial charge in [-0.15, -0.1) is 13.2 Å². The first kappa shape index (κ1) is 21.4. The normalized spacial score (nSPS) is 11.1. The lowest BCUT2D eigenvalue weighted by atomic mass is 10.2. The number of hydrogen-bond acceptors (Lipinski definition) is 4. The number of para-hydroxylation sites is 1. The summed E-state index contributed by atoms with van der Waals surface area (Å²) in [6.45, 7) is 9.29. The molecule has 0 aliphatic carbocycles. The summed E-state index contributed by atoms with van der Waals surface area (Å²) in [7, 11) is -3.67. The third-order valence-electron chi connectivity index (χ3n) is 3.89. The average Bonchev–Trinajstić information content (AvgIpc) is 2.67. The van der Waals surface area contributed by atoms with Crippen LogP contribution in [0.4, 0.5) is 5.69 Å². The molecule has 0 bridgehead atoms. The van der Waals surface area contributed by atoms with Crippen LogP contribution >= 0.6 is 0 Å². The van der Waals surface area contributed by atoms with Crippen molar-refractivity contribution in [1.82, 2.24) is 4.31 Å². The van der Waals surface area contributed by atoms with E-state index in [1.165, 1.54) is 28.6 Å². The number of nitrogens with one attached hydrogen (secondary N) is 1. The lowest BCUT2D eigenvalue weighted by Crippen LogP contribution is -2.31. The summed E-state index contributed by atoms with van der Waals surface area (Å²) in [4.78, 5) is 12.2. The van der Waals surface area contributed by atoms with E-state index < -0.39 is 10.0 Å². The Morgan fingerprint density at radius 1 is 1.07 bits per heavy atom. The van der Waals surface area contributed by atoms with E-state index in [-0.39, 0.29) is 30.5 Å². The highest BCUT2D eigenvalue weighted by molar-refractivity contribution is 7.89. The van der Waals surface area contributed by atoms with Crippen molar-refractivity contribution in [3.05, 3.63) is 79.4 Å². The number of anilines is 1. The predicted octanol–water partition coefficient (Wildman–Crippen LogP) is 3.38.